The van der Waals surface area contributed by atoms with Crippen LogP contribution in [0.25, 0.3) is 0 Å². The Morgan fingerprint density at radius 3 is 2.08 bits per heavy atom. The average Bonchev–Trinajstić information content (AvgIpc) is 2.68. The Balaban J connectivity index is 1.74. The van der Waals surface area contributed by atoms with Gasteiger partial charge in [0.25, 0.3) is 0 Å². The number of nitrogens with two attached hydrogens (primary N) is 1. The summed E-state index contributed by atoms with van der Waals surface area (Å²) in [6.07, 6.45) is 0.951. The van der Waals surface area contributed by atoms with E-state index in [1.165, 1.54) is 4.31 Å². The molecular weight excluding hydrogens is 350 g/mol. The van der Waals surface area contributed by atoms with Crippen LogP contribution in [-0.2, 0) is 14.8 Å². The highest BCUT2D eigenvalue weighted by molar-refractivity contribution is 7.89. The topological polar surface area (TPSA) is 83.7 Å². The van der Waals surface area contributed by atoms with Crippen LogP contribution in [0, 0.1) is 5.92 Å². The van der Waals surface area contributed by atoms with Gasteiger partial charge in [-0.25, -0.2) is 8.42 Å². The van der Waals surface area contributed by atoms with Crippen molar-refractivity contribution in [2.45, 2.75) is 17.7 Å². The van der Waals surface area contributed by atoms with Crippen LogP contribution in [0.2, 0.25) is 0 Å². The van der Waals surface area contributed by atoms with Crippen molar-refractivity contribution in [2.24, 2.45) is 11.7 Å². The molecule has 0 spiro atoms. The Hall–Kier alpha value is -2.38. The minimum atomic E-state index is -3.56. The number of benzene rings is 2. The van der Waals surface area contributed by atoms with Crippen LogP contribution >= 0.6 is 0 Å². The summed E-state index contributed by atoms with van der Waals surface area (Å²) < 4.78 is 27.1. The third kappa shape index (κ3) is 3.73. The van der Waals surface area contributed by atoms with Crippen LogP contribution in [0.5, 0.6) is 0 Å². The minimum absolute atomic E-state index is 0.233. The molecule has 1 aliphatic heterocycles. The van der Waals surface area contributed by atoms with E-state index in [0.29, 0.717) is 25.9 Å². The quantitative estimate of drug-likeness (QED) is 0.872. The van der Waals surface area contributed by atoms with Crippen molar-refractivity contribution < 1.29 is 13.2 Å². The molecule has 0 saturated carbocycles. The number of para-hydroxylation sites is 1. The van der Waals surface area contributed by atoms with E-state index in [-0.39, 0.29) is 16.7 Å². The van der Waals surface area contributed by atoms with E-state index in [0.717, 1.165) is 11.4 Å². The van der Waals surface area contributed by atoms with Gasteiger partial charge in [-0.2, -0.15) is 4.31 Å². The average molecular weight is 373 g/mol. The Morgan fingerprint density at radius 2 is 1.54 bits per heavy atom. The molecule has 1 heterocycles. The Kier molecular flexibility index (Phi) is 5.29. The summed E-state index contributed by atoms with van der Waals surface area (Å²) >= 11 is 0. The largest absolute Gasteiger partial charge is 0.369 e. The second kappa shape index (κ2) is 7.47. The smallest absolute Gasteiger partial charge is 0.243 e. The number of hydrogen-bond acceptors (Lipinski definition) is 4. The Bertz CT molecular complexity index is 859. The number of sulfonamides is 1. The summed E-state index contributed by atoms with van der Waals surface area (Å²) in [5.74, 6) is -0.585. The first-order valence-corrected chi connectivity index (χ1v) is 10.0. The first-order valence-electron chi connectivity index (χ1n) is 8.58. The van der Waals surface area contributed by atoms with Crippen LogP contribution in [0.4, 0.5) is 11.4 Å². The van der Waals surface area contributed by atoms with Gasteiger partial charge in [0.05, 0.1) is 4.90 Å². The van der Waals surface area contributed by atoms with Crippen molar-refractivity contribution in [3.8, 4) is 0 Å². The van der Waals surface area contributed by atoms with Crippen LogP contribution in [0.3, 0.4) is 0 Å². The Labute approximate surface area is 154 Å². The van der Waals surface area contributed by atoms with Crippen LogP contribution in [0.15, 0.2) is 59.5 Å². The first kappa shape index (κ1) is 18.4. The van der Waals surface area contributed by atoms with Crippen molar-refractivity contribution in [3.05, 3.63) is 54.6 Å². The van der Waals surface area contributed by atoms with Gasteiger partial charge in [-0.15, -0.1) is 0 Å². The lowest BCUT2D eigenvalue weighted by atomic mass is 9.98. The molecule has 2 aromatic rings. The molecular formula is C19H23N3O3S. The van der Waals surface area contributed by atoms with Gasteiger partial charge in [0, 0.05) is 37.4 Å². The predicted molar refractivity (Wildman–Crippen MR) is 102 cm³/mol. The molecule has 2 aromatic carbocycles. The maximum atomic E-state index is 12.8. The summed E-state index contributed by atoms with van der Waals surface area (Å²) in [4.78, 5) is 13.5. The summed E-state index contributed by atoms with van der Waals surface area (Å²) in [6.45, 7) is 0.642. The number of amides is 1. The van der Waals surface area contributed by atoms with E-state index in [1.807, 2.05) is 42.3 Å². The fourth-order valence-electron chi connectivity index (χ4n) is 3.17. The van der Waals surface area contributed by atoms with Crippen LogP contribution < -0.4 is 10.6 Å². The van der Waals surface area contributed by atoms with E-state index in [1.54, 1.807) is 24.3 Å². The number of primary amides is 1. The fourth-order valence-corrected chi connectivity index (χ4v) is 4.64. The second-order valence-electron chi connectivity index (χ2n) is 6.47. The van der Waals surface area contributed by atoms with Crippen molar-refractivity contribution in [2.75, 3.05) is 25.0 Å². The molecule has 1 aliphatic rings. The summed E-state index contributed by atoms with van der Waals surface area (Å²) in [6, 6.07) is 16.7. The molecule has 0 radical (unpaired) electrons. The van der Waals surface area contributed by atoms with Crippen molar-refractivity contribution in [3.63, 3.8) is 0 Å². The molecule has 1 saturated heterocycles. The molecule has 7 heteroatoms. The number of hydrogen-bond donors (Lipinski definition) is 1. The van der Waals surface area contributed by atoms with Gasteiger partial charge in [0.15, 0.2) is 0 Å². The maximum absolute atomic E-state index is 12.8. The monoisotopic (exact) mass is 373 g/mol. The SMILES string of the molecule is CN(c1ccccc1)c1ccc(S(=O)(=O)N2CCC(C(N)=O)CC2)cc1. The summed E-state index contributed by atoms with van der Waals surface area (Å²) in [7, 11) is -1.62. The van der Waals surface area contributed by atoms with Gasteiger partial charge in [-0.05, 0) is 49.2 Å². The summed E-state index contributed by atoms with van der Waals surface area (Å²) in [5, 5.41) is 0. The maximum Gasteiger partial charge on any atom is 0.243 e. The third-order valence-corrected chi connectivity index (χ3v) is 6.77. The zero-order valence-electron chi connectivity index (χ0n) is 14.7. The molecule has 1 amide bonds. The lowest BCUT2D eigenvalue weighted by Crippen LogP contribution is -2.41. The standard InChI is InChI=1S/C19H23N3O3S/c1-21(16-5-3-2-4-6-16)17-7-9-18(10-8-17)26(24,25)22-13-11-15(12-14-22)19(20)23/h2-10,15H,11-14H2,1H3,(H2,20,23). The molecule has 0 aromatic heterocycles. The molecule has 1 fully saturated rings. The molecule has 0 aliphatic carbocycles. The molecule has 0 atom stereocenters. The van der Waals surface area contributed by atoms with Crippen molar-refractivity contribution >= 4 is 27.3 Å². The highest BCUT2D eigenvalue weighted by Gasteiger charge is 2.31. The van der Waals surface area contributed by atoms with E-state index in [4.69, 9.17) is 5.73 Å². The number of carbonyl (C=O) groups excluding carboxylic acids is 1. The molecule has 26 heavy (non-hydrogen) atoms. The van der Waals surface area contributed by atoms with Gasteiger partial charge >= 0.3 is 0 Å². The second-order valence-corrected chi connectivity index (χ2v) is 8.41. The zero-order chi connectivity index (χ0) is 18.7. The molecule has 3 rings (SSSR count). The molecule has 138 valence electrons. The molecule has 0 unspecified atom stereocenters. The normalized spacial score (nSPS) is 16.3. The highest BCUT2D eigenvalue weighted by Crippen LogP contribution is 2.27. The molecule has 2 N–H and O–H groups in total. The van der Waals surface area contributed by atoms with Gasteiger partial charge in [0.1, 0.15) is 0 Å². The van der Waals surface area contributed by atoms with E-state index >= 15 is 0 Å². The number of rotatable bonds is 5. The summed E-state index contributed by atoms with van der Waals surface area (Å²) in [5.41, 5.74) is 7.24. The minimum Gasteiger partial charge on any atom is -0.369 e. The number of anilines is 2. The highest BCUT2D eigenvalue weighted by atomic mass is 32.2. The molecule has 6 nitrogen and oxygen atoms in total. The van der Waals surface area contributed by atoms with Crippen molar-refractivity contribution in [1.29, 1.82) is 0 Å². The fraction of sp³-hybridized carbons (Fsp3) is 0.316. The lowest BCUT2D eigenvalue weighted by Gasteiger charge is -2.29. The van der Waals surface area contributed by atoms with E-state index in [9.17, 15) is 13.2 Å². The van der Waals surface area contributed by atoms with E-state index in [2.05, 4.69) is 0 Å². The van der Waals surface area contributed by atoms with Crippen LogP contribution in [-0.4, -0.2) is 38.8 Å². The number of carbonyl (C=O) groups is 1. The zero-order valence-corrected chi connectivity index (χ0v) is 15.5. The van der Waals surface area contributed by atoms with Gasteiger partial charge in [-0.3, -0.25) is 4.79 Å². The van der Waals surface area contributed by atoms with Gasteiger partial charge < -0.3 is 10.6 Å². The third-order valence-electron chi connectivity index (χ3n) is 4.86. The number of piperidine rings is 1. The van der Waals surface area contributed by atoms with Gasteiger partial charge in [-0.1, -0.05) is 18.2 Å². The van der Waals surface area contributed by atoms with Gasteiger partial charge in [0.2, 0.25) is 15.9 Å². The predicted octanol–water partition coefficient (Wildman–Crippen LogP) is 2.34. The number of nitrogens with zero attached hydrogens (tertiary/aromatic N) is 2. The first-order chi connectivity index (χ1) is 12.4. The van der Waals surface area contributed by atoms with Crippen molar-refractivity contribution in [1.82, 2.24) is 4.31 Å². The molecule has 0 bridgehead atoms. The van der Waals surface area contributed by atoms with E-state index < -0.39 is 10.0 Å². The van der Waals surface area contributed by atoms with Crippen LogP contribution in [0.1, 0.15) is 12.8 Å². The Morgan fingerprint density at radius 1 is 1.00 bits per heavy atom. The lowest BCUT2D eigenvalue weighted by molar-refractivity contribution is -0.122.